The van der Waals surface area contributed by atoms with Crippen LogP contribution in [0.15, 0.2) is 59.9 Å². The minimum absolute atomic E-state index is 0.714. The molecule has 0 saturated heterocycles. The van der Waals surface area contributed by atoms with Crippen molar-refractivity contribution in [3.63, 3.8) is 0 Å². The zero-order valence-corrected chi connectivity index (χ0v) is 16.6. The van der Waals surface area contributed by atoms with Crippen LogP contribution in [0, 0.1) is 0 Å². The van der Waals surface area contributed by atoms with Gasteiger partial charge in [-0.25, -0.2) is 4.98 Å². The highest BCUT2D eigenvalue weighted by molar-refractivity contribution is 7.98. The van der Waals surface area contributed by atoms with Crippen molar-refractivity contribution in [1.29, 1.82) is 0 Å². The van der Waals surface area contributed by atoms with Gasteiger partial charge in [-0.3, -0.25) is 10.1 Å². The van der Waals surface area contributed by atoms with E-state index in [4.69, 9.17) is 0 Å². The fourth-order valence-electron chi connectivity index (χ4n) is 3.13. The van der Waals surface area contributed by atoms with Gasteiger partial charge in [0.15, 0.2) is 0 Å². The van der Waals surface area contributed by atoms with Crippen LogP contribution >= 0.6 is 11.8 Å². The minimum Gasteiger partial charge on any atom is -0.342 e. The molecule has 0 atom stereocenters. The quantitative estimate of drug-likeness (QED) is 0.512. The Labute approximate surface area is 167 Å². The molecule has 140 valence electrons. The van der Waals surface area contributed by atoms with Crippen LogP contribution in [0.5, 0.6) is 0 Å². The first-order chi connectivity index (χ1) is 13.8. The molecule has 3 aromatic heterocycles. The molecule has 0 aliphatic carbocycles. The third-order valence-electron chi connectivity index (χ3n) is 4.48. The molecule has 0 spiro atoms. The highest BCUT2D eigenvalue weighted by Crippen LogP contribution is 2.38. The number of aromatic amines is 2. The summed E-state index contributed by atoms with van der Waals surface area (Å²) < 4.78 is 0. The Bertz CT molecular complexity index is 1150. The lowest BCUT2D eigenvalue weighted by atomic mass is 10.0. The number of aromatic nitrogens is 5. The second-order valence-electron chi connectivity index (χ2n) is 6.23. The molecule has 0 amide bonds. The van der Waals surface area contributed by atoms with Crippen LogP contribution in [0.25, 0.3) is 34.5 Å². The second kappa shape index (κ2) is 8.27. The zero-order valence-electron chi connectivity index (χ0n) is 15.8. The highest BCUT2D eigenvalue weighted by Gasteiger charge is 2.17. The number of nitrogens with zero attached hydrogens (tertiary/aromatic N) is 3. The molecule has 0 aliphatic heterocycles. The van der Waals surface area contributed by atoms with E-state index in [1.807, 2.05) is 68.7 Å². The lowest BCUT2D eigenvalue weighted by molar-refractivity contribution is 1.00. The van der Waals surface area contributed by atoms with Gasteiger partial charge in [-0.15, -0.1) is 0 Å². The first kappa shape index (κ1) is 18.3. The van der Waals surface area contributed by atoms with Crippen molar-refractivity contribution in [2.45, 2.75) is 24.6 Å². The first-order valence-corrected chi connectivity index (χ1v) is 10.1. The minimum atomic E-state index is 0.714. The lowest BCUT2D eigenvalue weighted by Crippen LogP contribution is -2.23. The van der Waals surface area contributed by atoms with E-state index in [1.165, 1.54) is 0 Å². The first-order valence-electron chi connectivity index (χ1n) is 9.14. The molecule has 5 nitrogen and oxygen atoms in total. The number of hydrogen-bond acceptors (Lipinski definition) is 4. The molecule has 0 saturated carbocycles. The van der Waals surface area contributed by atoms with E-state index in [1.54, 1.807) is 11.8 Å². The summed E-state index contributed by atoms with van der Waals surface area (Å²) in [6, 6.07) is 14.3. The molecule has 28 heavy (non-hydrogen) atoms. The Morgan fingerprint density at radius 1 is 0.964 bits per heavy atom. The number of benzene rings is 1. The van der Waals surface area contributed by atoms with Crippen LogP contribution in [0.3, 0.4) is 0 Å². The van der Waals surface area contributed by atoms with E-state index < -0.39 is 0 Å². The summed E-state index contributed by atoms with van der Waals surface area (Å²) in [7, 11) is 0. The van der Waals surface area contributed by atoms with Gasteiger partial charge in [0.25, 0.3) is 0 Å². The molecule has 0 aliphatic rings. The van der Waals surface area contributed by atoms with Gasteiger partial charge in [0.2, 0.25) is 0 Å². The average Bonchev–Trinajstić information content (AvgIpc) is 3.37. The number of imidazole rings is 1. The number of pyridine rings is 1. The Morgan fingerprint density at radius 2 is 1.75 bits per heavy atom. The largest absolute Gasteiger partial charge is 0.342 e. The van der Waals surface area contributed by atoms with Crippen LogP contribution in [-0.4, -0.2) is 25.1 Å². The third-order valence-corrected chi connectivity index (χ3v) is 5.47. The monoisotopic (exact) mass is 387 g/mol. The predicted octanol–water partition coefficient (Wildman–Crippen LogP) is 3.75. The molecular weight excluding hydrogens is 366 g/mol. The summed E-state index contributed by atoms with van der Waals surface area (Å²) in [5.41, 5.74) is 4.31. The van der Waals surface area contributed by atoms with Gasteiger partial charge in [-0.1, -0.05) is 54.2 Å². The number of H-pyrrole nitrogens is 2. The Hall–Kier alpha value is -3.12. The fraction of sp³-hybridized carbons (Fsp3) is 0.136. The fourth-order valence-corrected chi connectivity index (χ4v) is 4.01. The number of nitrogens with one attached hydrogen (secondary N) is 2. The highest BCUT2D eigenvalue weighted by atomic mass is 32.2. The summed E-state index contributed by atoms with van der Waals surface area (Å²) in [6.07, 6.45) is 7.68. The maximum Gasteiger partial charge on any atom is 0.127 e. The topological polar surface area (TPSA) is 70.2 Å². The van der Waals surface area contributed by atoms with Gasteiger partial charge in [-0.05, 0) is 31.5 Å². The Morgan fingerprint density at radius 3 is 2.43 bits per heavy atom. The van der Waals surface area contributed by atoms with Crippen LogP contribution in [-0.2, 0) is 5.75 Å². The Kier molecular flexibility index (Phi) is 5.39. The van der Waals surface area contributed by atoms with E-state index >= 15 is 0 Å². The molecule has 4 aromatic rings. The van der Waals surface area contributed by atoms with Gasteiger partial charge in [0, 0.05) is 23.5 Å². The number of hydrogen-bond donors (Lipinski definition) is 2. The summed E-state index contributed by atoms with van der Waals surface area (Å²) in [5, 5.41) is 10.8. The predicted molar refractivity (Wildman–Crippen MR) is 115 cm³/mol. The van der Waals surface area contributed by atoms with Gasteiger partial charge < -0.3 is 4.98 Å². The normalized spacial score (nSPS) is 12.6. The zero-order chi connectivity index (χ0) is 19.3. The second-order valence-corrected chi connectivity index (χ2v) is 7.19. The van der Waals surface area contributed by atoms with Gasteiger partial charge in [-0.2, -0.15) is 5.10 Å². The smallest absolute Gasteiger partial charge is 0.127 e. The summed E-state index contributed by atoms with van der Waals surface area (Å²) in [5.74, 6) is 1.66. The van der Waals surface area contributed by atoms with Crippen molar-refractivity contribution in [2.24, 2.45) is 0 Å². The van der Waals surface area contributed by atoms with Crippen molar-refractivity contribution in [3.8, 4) is 22.4 Å². The van der Waals surface area contributed by atoms with Crippen molar-refractivity contribution in [1.82, 2.24) is 25.1 Å². The molecule has 0 unspecified atom stereocenters. The van der Waals surface area contributed by atoms with Crippen molar-refractivity contribution in [2.75, 3.05) is 0 Å². The van der Waals surface area contributed by atoms with E-state index in [9.17, 15) is 0 Å². The van der Waals surface area contributed by atoms with Crippen LogP contribution in [0.1, 0.15) is 19.7 Å². The van der Waals surface area contributed by atoms with Crippen molar-refractivity contribution in [3.05, 3.63) is 71.4 Å². The molecule has 2 N–H and O–H groups in total. The lowest BCUT2D eigenvalue weighted by Gasteiger charge is -2.06. The SMILES string of the molecule is C/C=c1/nc(CSc2n[nH]c(-c3ccccc3)c2-c2ccncc2)[nH]/c1=C/C. The Balaban J connectivity index is 1.72. The van der Waals surface area contributed by atoms with Gasteiger partial charge in [0.1, 0.15) is 10.9 Å². The number of rotatable bonds is 5. The van der Waals surface area contributed by atoms with Crippen LogP contribution in [0.4, 0.5) is 0 Å². The van der Waals surface area contributed by atoms with Crippen molar-refractivity contribution < 1.29 is 0 Å². The maximum absolute atomic E-state index is 4.67. The molecule has 4 rings (SSSR count). The molecule has 1 aromatic carbocycles. The molecule has 0 fully saturated rings. The van der Waals surface area contributed by atoms with Crippen LogP contribution < -0.4 is 10.7 Å². The standard InChI is InChI=1S/C22H21N5S/c1-3-17-18(4-2)25-19(24-17)14-28-22-20(15-10-12-23-13-11-15)21(26-27-22)16-8-6-5-7-9-16/h3-13H,14H2,1-2H3,(H,24,25)(H,26,27)/b17-3+,18-4+. The summed E-state index contributed by atoms with van der Waals surface area (Å²) in [6.45, 7) is 4.01. The van der Waals surface area contributed by atoms with Gasteiger partial charge >= 0.3 is 0 Å². The summed E-state index contributed by atoms with van der Waals surface area (Å²) >= 11 is 1.67. The molecule has 0 radical (unpaired) electrons. The van der Waals surface area contributed by atoms with Gasteiger partial charge in [0.05, 0.1) is 22.1 Å². The van der Waals surface area contributed by atoms with Crippen LogP contribution in [0.2, 0.25) is 0 Å². The van der Waals surface area contributed by atoms with E-state index in [-0.39, 0.29) is 0 Å². The molecule has 6 heteroatoms. The van der Waals surface area contributed by atoms with E-state index in [0.717, 1.165) is 43.9 Å². The van der Waals surface area contributed by atoms with E-state index in [2.05, 4.69) is 37.3 Å². The number of thioether (sulfide) groups is 1. The average molecular weight is 388 g/mol. The molecular formula is C22H21N5S. The molecule has 0 bridgehead atoms. The van der Waals surface area contributed by atoms with E-state index in [0.29, 0.717) is 5.75 Å². The maximum atomic E-state index is 4.67. The molecule has 3 heterocycles. The van der Waals surface area contributed by atoms with Crippen molar-refractivity contribution >= 4 is 23.9 Å². The summed E-state index contributed by atoms with van der Waals surface area (Å²) in [4.78, 5) is 12.2. The third kappa shape index (κ3) is 3.64.